The van der Waals surface area contributed by atoms with Gasteiger partial charge in [0.25, 0.3) is 5.91 Å². The Kier molecular flexibility index (Phi) is 5.47. The minimum absolute atomic E-state index is 0.0141. The summed E-state index contributed by atoms with van der Waals surface area (Å²) < 4.78 is 0. The van der Waals surface area contributed by atoms with Gasteiger partial charge in [-0.3, -0.25) is 14.6 Å². The largest absolute Gasteiger partial charge is 0.356 e. The highest BCUT2D eigenvalue weighted by Crippen LogP contribution is 2.16. The summed E-state index contributed by atoms with van der Waals surface area (Å²) in [6.45, 7) is 4.35. The molecule has 1 amide bonds. The molecule has 0 bridgehead atoms. The summed E-state index contributed by atoms with van der Waals surface area (Å²) in [5, 5.41) is 2.78. The topological polar surface area (TPSA) is 74.8 Å². The first-order valence-corrected chi connectivity index (χ1v) is 7.56. The third-order valence-electron chi connectivity index (χ3n) is 3.72. The number of Topliss-reactive ketones (excluding diaryl/α,β-unsaturated/α-hetero) is 1. The minimum atomic E-state index is -0.241. The van der Waals surface area contributed by atoms with Crippen molar-refractivity contribution >= 4 is 11.7 Å². The molecule has 2 rings (SSSR count). The van der Waals surface area contributed by atoms with E-state index in [-0.39, 0.29) is 17.6 Å². The Labute approximate surface area is 130 Å². The second-order valence-electron chi connectivity index (χ2n) is 5.18. The fraction of sp³-hybridized carbons (Fsp3) is 0.353. The van der Waals surface area contributed by atoms with Crippen LogP contribution in [0.25, 0.3) is 0 Å². The van der Waals surface area contributed by atoms with Crippen LogP contribution < -0.4 is 5.32 Å². The SMILES string of the molecule is CCC(CC)C(=O)c1c[nH]c(C(=O)NCc2ccccn2)c1. The van der Waals surface area contributed by atoms with E-state index in [1.807, 2.05) is 32.0 Å². The van der Waals surface area contributed by atoms with E-state index in [0.717, 1.165) is 18.5 Å². The van der Waals surface area contributed by atoms with Gasteiger partial charge in [0.15, 0.2) is 5.78 Å². The van der Waals surface area contributed by atoms with Gasteiger partial charge in [-0.25, -0.2) is 0 Å². The average molecular weight is 299 g/mol. The summed E-state index contributed by atoms with van der Waals surface area (Å²) in [4.78, 5) is 31.4. The van der Waals surface area contributed by atoms with Gasteiger partial charge < -0.3 is 10.3 Å². The first-order chi connectivity index (χ1) is 10.7. The lowest BCUT2D eigenvalue weighted by atomic mass is 9.94. The Balaban J connectivity index is 1.98. The Morgan fingerprint density at radius 3 is 2.68 bits per heavy atom. The van der Waals surface area contributed by atoms with Gasteiger partial charge in [0.2, 0.25) is 0 Å². The lowest BCUT2D eigenvalue weighted by Crippen LogP contribution is -2.23. The molecule has 0 saturated carbocycles. The van der Waals surface area contributed by atoms with E-state index in [4.69, 9.17) is 0 Å². The standard InChI is InChI=1S/C17H21N3O2/c1-3-12(4-2)16(21)13-9-15(19-10-13)17(22)20-11-14-7-5-6-8-18-14/h5-10,12,19H,3-4,11H2,1-2H3,(H,20,22). The molecule has 5 nitrogen and oxygen atoms in total. The molecular weight excluding hydrogens is 278 g/mol. The number of carbonyl (C=O) groups excluding carboxylic acids is 2. The van der Waals surface area contributed by atoms with Crippen molar-refractivity contribution in [1.29, 1.82) is 0 Å². The van der Waals surface area contributed by atoms with Gasteiger partial charge in [0, 0.05) is 23.9 Å². The maximum atomic E-state index is 12.3. The van der Waals surface area contributed by atoms with Crippen LogP contribution in [0.15, 0.2) is 36.7 Å². The summed E-state index contributed by atoms with van der Waals surface area (Å²) in [6, 6.07) is 7.16. The van der Waals surface area contributed by atoms with E-state index in [2.05, 4.69) is 15.3 Å². The number of nitrogens with zero attached hydrogens (tertiary/aromatic N) is 1. The zero-order chi connectivity index (χ0) is 15.9. The fourth-order valence-corrected chi connectivity index (χ4v) is 2.33. The summed E-state index contributed by atoms with van der Waals surface area (Å²) in [6.07, 6.45) is 4.91. The summed E-state index contributed by atoms with van der Waals surface area (Å²) in [5.41, 5.74) is 1.75. The zero-order valence-corrected chi connectivity index (χ0v) is 12.9. The molecule has 0 unspecified atom stereocenters. The molecule has 0 radical (unpaired) electrons. The summed E-state index contributed by atoms with van der Waals surface area (Å²) in [7, 11) is 0. The Hall–Kier alpha value is -2.43. The van der Waals surface area contributed by atoms with Crippen LogP contribution in [0.3, 0.4) is 0 Å². The minimum Gasteiger partial charge on any atom is -0.356 e. The third kappa shape index (κ3) is 3.81. The van der Waals surface area contributed by atoms with Crippen LogP contribution in [0.5, 0.6) is 0 Å². The van der Waals surface area contributed by atoms with Crippen LogP contribution in [0.2, 0.25) is 0 Å². The highest BCUT2D eigenvalue weighted by atomic mass is 16.2. The molecule has 116 valence electrons. The molecule has 0 aliphatic carbocycles. The van der Waals surface area contributed by atoms with Crippen LogP contribution in [0, 0.1) is 5.92 Å². The maximum absolute atomic E-state index is 12.3. The predicted molar refractivity (Wildman–Crippen MR) is 84.6 cm³/mol. The molecule has 0 saturated heterocycles. The van der Waals surface area contributed by atoms with Gasteiger partial charge in [-0.05, 0) is 31.0 Å². The predicted octanol–water partition coefficient (Wildman–Crippen LogP) is 2.96. The summed E-state index contributed by atoms with van der Waals surface area (Å²) >= 11 is 0. The number of H-pyrrole nitrogens is 1. The van der Waals surface area contributed by atoms with Crippen molar-refractivity contribution in [2.75, 3.05) is 0 Å². The molecule has 0 spiro atoms. The average Bonchev–Trinajstić information content (AvgIpc) is 3.04. The van der Waals surface area contributed by atoms with E-state index in [1.54, 1.807) is 18.5 Å². The Morgan fingerprint density at radius 2 is 2.05 bits per heavy atom. The molecule has 0 aliphatic rings. The van der Waals surface area contributed by atoms with Crippen LogP contribution in [-0.4, -0.2) is 21.7 Å². The molecule has 2 aromatic rings. The van der Waals surface area contributed by atoms with E-state index in [1.165, 1.54) is 0 Å². The summed E-state index contributed by atoms with van der Waals surface area (Å²) in [5.74, 6) is -0.139. The number of carbonyl (C=O) groups is 2. The number of amides is 1. The number of aromatic nitrogens is 2. The lowest BCUT2D eigenvalue weighted by molar-refractivity contribution is 0.0913. The number of hydrogen-bond donors (Lipinski definition) is 2. The molecule has 5 heteroatoms. The highest BCUT2D eigenvalue weighted by molar-refractivity contribution is 6.01. The van der Waals surface area contributed by atoms with Crippen LogP contribution in [0.4, 0.5) is 0 Å². The van der Waals surface area contributed by atoms with Crippen molar-refractivity contribution in [1.82, 2.24) is 15.3 Å². The Bertz CT molecular complexity index is 630. The molecule has 0 fully saturated rings. The Morgan fingerprint density at radius 1 is 1.27 bits per heavy atom. The number of rotatable bonds is 7. The smallest absolute Gasteiger partial charge is 0.268 e. The van der Waals surface area contributed by atoms with Crippen LogP contribution >= 0.6 is 0 Å². The van der Waals surface area contributed by atoms with Gasteiger partial charge in [-0.2, -0.15) is 0 Å². The normalized spacial score (nSPS) is 10.7. The van der Waals surface area contributed by atoms with Crippen molar-refractivity contribution in [3.05, 3.63) is 53.6 Å². The van der Waals surface area contributed by atoms with E-state index >= 15 is 0 Å². The second-order valence-corrected chi connectivity index (χ2v) is 5.18. The fourth-order valence-electron chi connectivity index (χ4n) is 2.33. The molecule has 2 aromatic heterocycles. The van der Waals surface area contributed by atoms with Gasteiger partial charge in [-0.1, -0.05) is 19.9 Å². The van der Waals surface area contributed by atoms with Crippen LogP contribution in [-0.2, 0) is 6.54 Å². The van der Waals surface area contributed by atoms with Gasteiger partial charge in [0.1, 0.15) is 5.69 Å². The van der Waals surface area contributed by atoms with Crippen LogP contribution in [0.1, 0.15) is 53.2 Å². The first-order valence-electron chi connectivity index (χ1n) is 7.56. The zero-order valence-electron chi connectivity index (χ0n) is 12.9. The number of hydrogen-bond acceptors (Lipinski definition) is 3. The van der Waals surface area contributed by atoms with E-state index < -0.39 is 0 Å². The second kappa shape index (κ2) is 7.54. The molecule has 0 aromatic carbocycles. The van der Waals surface area contributed by atoms with Crippen molar-refractivity contribution in [3.8, 4) is 0 Å². The van der Waals surface area contributed by atoms with E-state index in [0.29, 0.717) is 17.8 Å². The lowest BCUT2D eigenvalue weighted by Gasteiger charge is -2.08. The highest BCUT2D eigenvalue weighted by Gasteiger charge is 2.19. The first kappa shape index (κ1) is 15.9. The maximum Gasteiger partial charge on any atom is 0.268 e. The molecule has 0 atom stereocenters. The van der Waals surface area contributed by atoms with Crippen molar-refractivity contribution < 1.29 is 9.59 Å². The quantitative estimate of drug-likeness (QED) is 0.772. The molecular formula is C17H21N3O2. The van der Waals surface area contributed by atoms with Crippen molar-refractivity contribution in [2.24, 2.45) is 5.92 Å². The van der Waals surface area contributed by atoms with Crippen molar-refractivity contribution in [3.63, 3.8) is 0 Å². The van der Waals surface area contributed by atoms with E-state index in [9.17, 15) is 9.59 Å². The van der Waals surface area contributed by atoms with Gasteiger partial charge in [0.05, 0.1) is 12.2 Å². The number of nitrogens with one attached hydrogen (secondary N) is 2. The molecule has 2 N–H and O–H groups in total. The molecule has 22 heavy (non-hydrogen) atoms. The number of aromatic amines is 1. The molecule has 2 heterocycles. The van der Waals surface area contributed by atoms with Crippen molar-refractivity contribution in [2.45, 2.75) is 33.2 Å². The number of ketones is 1. The monoisotopic (exact) mass is 299 g/mol. The third-order valence-corrected chi connectivity index (χ3v) is 3.72. The molecule has 0 aliphatic heterocycles. The van der Waals surface area contributed by atoms with Gasteiger partial charge >= 0.3 is 0 Å². The number of pyridine rings is 1. The van der Waals surface area contributed by atoms with Gasteiger partial charge in [-0.15, -0.1) is 0 Å².